The van der Waals surface area contributed by atoms with E-state index >= 15 is 0 Å². The van der Waals surface area contributed by atoms with Crippen LogP contribution in [0.3, 0.4) is 0 Å². The number of methoxy groups -OCH3 is 1. The lowest BCUT2D eigenvalue weighted by atomic mass is 9.59. The van der Waals surface area contributed by atoms with E-state index in [1.54, 1.807) is 6.92 Å². The highest BCUT2D eigenvalue weighted by Crippen LogP contribution is 2.79. The van der Waals surface area contributed by atoms with E-state index in [9.17, 15) is 27.6 Å². The van der Waals surface area contributed by atoms with Crippen molar-refractivity contribution in [1.29, 1.82) is 0 Å². The number of hydrogen-bond acceptors (Lipinski definition) is 10. The summed E-state index contributed by atoms with van der Waals surface area (Å²) in [6, 6.07) is 0. The number of carbonyl (C=O) groups is 4. The zero-order valence-electron chi connectivity index (χ0n) is 21.0. The molecule has 4 saturated carbocycles. The average Bonchev–Trinajstić information content (AvgIpc) is 3.18. The van der Waals surface area contributed by atoms with Crippen LogP contribution in [0, 0.1) is 28.6 Å². The molecule has 10 nitrogen and oxygen atoms in total. The minimum Gasteiger partial charge on any atom is -0.469 e. The lowest BCUT2D eigenvalue weighted by Gasteiger charge is -2.46. The van der Waals surface area contributed by atoms with Gasteiger partial charge >= 0.3 is 17.9 Å². The lowest BCUT2D eigenvalue weighted by molar-refractivity contribution is -0.169. The Labute approximate surface area is 210 Å². The van der Waals surface area contributed by atoms with Crippen LogP contribution in [0.1, 0.15) is 59.3 Å². The maximum absolute atomic E-state index is 13.5. The molecule has 2 unspecified atom stereocenters. The Morgan fingerprint density at radius 3 is 2.47 bits per heavy atom. The Bertz CT molecular complexity index is 1190. The molecule has 0 N–H and O–H groups in total. The van der Waals surface area contributed by atoms with E-state index in [-0.39, 0.29) is 12.3 Å². The molecule has 0 aromatic rings. The van der Waals surface area contributed by atoms with Gasteiger partial charge in [-0.15, -0.1) is 0 Å². The van der Waals surface area contributed by atoms with Crippen molar-refractivity contribution >= 4 is 33.8 Å². The summed E-state index contributed by atoms with van der Waals surface area (Å²) >= 11 is 0. The monoisotopic (exact) mass is 524 g/mol. The lowest BCUT2D eigenvalue weighted by Crippen LogP contribution is -2.54. The Morgan fingerprint density at radius 1 is 1.17 bits per heavy atom. The third-order valence-corrected chi connectivity index (χ3v) is 11.0. The molecular weight excluding hydrogens is 492 g/mol. The molecule has 1 spiro atoms. The van der Waals surface area contributed by atoms with E-state index in [0.717, 1.165) is 12.5 Å². The highest BCUT2D eigenvalue weighted by Gasteiger charge is 2.85. The van der Waals surface area contributed by atoms with Crippen molar-refractivity contribution in [3.8, 4) is 0 Å². The second kappa shape index (κ2) is 7.63. The molecule has 5 fully saturated rings. The zero-order chi connectivity index (χ0) is 26.5. The van der Waals surface area contributed by atoms with Gasteiger partial charge in [0, 0.05) is 18.8 Å². The molecule has 0 amide bonds. The molecule has 36 heavy (non-hydrogen) atoms. The highest BCUT2D eigenvalue weighted by atomic mass is 32.2. The van der Waals surface area contributed by atoms with Crippen molar-refractivity contribution < 1.29 is 46.0 Å². The molecule has 1 aliphatic heterocycles. The van der Waals surface area contributed by atoms with E-state index < -0.39 is 79.5 Å². The Morgan fingerprint density at radius 2 is 1.86 bits per heavy atom. The Kier molecular flexibility index (Phi) is 5.38. The molecule has 11 heteroatoms. The van der Waals surface area contributed by atoms with Crippen molar-refractivity contribution in [2.75, 3.05) is 12.9 Å². The van der Waals surface area contributed by atoms with Gasteiger partial charge in [-0.25, -0.2) is 0 Å². The van der Waals surface area contributed by atoms with Crippen molar-refractivity contribution in [1.82, 2.24) is 0 Å². The molecule has 198 valence electrons. The molecule has 1 saturated heterocycles. The summed E-state index contributed by atoms with van der Waals surface area (Å²) in [4.78, 5) is 50.5. The van der Waals surface area contributed by atoms with Gasteiger partial charge in [0.15, 0.2) is 0 Å². The summed E-state index contributed by atoms with van der Waals surface area (Å²) < 4.78 is 48.0. The van der Waals surface area contributed by atoms with E-state index in [1.807, 2.05) is 0 Å². The minimum atomic E-state index is -4.26. The minimum absolute atomic E-state index is 0.215. The third kappa shape index (κ3) is 3.07. The summed E-state index contributed by atoms with van der Waals surface area (Å²) in [7, 11) is -2.97. The molecule has 0 radical (unpaired) electrons. The predicted molar refractivity (Wildman–Crippen MR) is 123 cm³/mol. The molecule has 8 atom stereocenters. The molecule has 5 rings (SSSR count). The number of carbonyl (C=O) groups excluding carboxylic acids is 4. The van der Waals surface area contributed by atoms with E-state index in [1.165, 1.54) is 14.0 Å². The van der Waals surface area contributed by atoms with Crippen LogP contribution in [0.2, 0.25) is 0 Å². The fourth-order valence-electron chi connectivity index (χ4n) is 8.76. The van der Waals surface area contributed by atoms with Gasteiger partial charge in [-0.2, -0.15) is 8.42 Å². The predicted octanol–water partition coefficient (Wildman–Crippen LogP) is 1.85. The molecular formula is C25H32O10S. The number of ether oxygens (including phenoxy) is 3. The SMILES string of the molecule is C=C1C[C@]23C[C@@]1(OC(C)=O)CCC2[C@@]12CC[C@H](OS(=O)(=O)CC(C)=O)[C@](C)(C(=O)O1)C2[C@@H]3C(=O)OC. The summed E-state index contributed by atoms with van der Waals surface area (Å²) in [5, 5.41) is 0. The Hall–Kier alpha value is -2.27. The summed E-state index contributed by atoms with van der Waals surface area (Å²) in [5.74, 6) is -4.68. The second-order valence-corrected chi connectivity index (χ2v) is 13.1. The van der Waals surface area contributed by atoms with Crippen LogP contribution in [0.5, 0.6) is 0 Å². The maximum atomic E-state index is 13.5. The van der Waals surface area contributed by atoms with Crippen molar-refractivity contribution in [3.05, 3.63) is 12.2 Å². The van der Waals surface area contributed by atoms with Gasteiger partial charge in [-0.3, -0.25) is 23.4 Å². The number of esters is 3. The van der Waals surface area contributed by atoms with Crippen LogP contribution in [0.15, 0.2) is 12.2 Å². The van der Waals surface area contributed by atoms with Crippen LogP contribution in [0.25, 0.3) is 0 Å². The maximum Gasteiger partial charge on any atom is 0.315 e. The number of rotatable bonds is 6. The highest BCUT2D eigenvalue weighted by molar-refractivity contribution is 7.87. The van der Waals surface area contributed by atoms with Crippen molar-refractivity contribution in [3.63, 3.8) is 0 Å². The molecule has 0 aromatic carbocycles. The van der Waals surface area contributed by atoms with Crippen LogP contribution < -0.4 is 0 Å². The van der Waals surface area contributed by atoms with Crippen LogP contribution in [0.4, 0.5) is 0 Å². The van der Waals surface area contributed by atoms with Gasteiger partial charge in [0.1, 0.15) is 28.2 Å². The molecule has 0 aromatic heterocycles. The van der Waals surface area contributed by atoms with Crippen LogP contribution in [-0.2, 0) is 47.7 Å². The summed E-state index contributed by atoms with van der Waals surface area (Å²) in [5.41, 5.74) is -3.35. The third-order valence-electron chi connectivity index (χ3n) is 9.67. The van der Waals surface area contributed by atoms with Gasteiger partial charge in [-0.05, 0) is 63.4 Å². The smallest absolute Gasteiger partial charge is 0.315 e. The first-order chi connectivity index (χ1) is 16.7. The van der Waals surface area contributed by atoms with Crippen molar-refractivity contribution in [2.45, 2.75) is 76.6 Å². The van der Waals surface area contributed by atoms with Gasteiger partial charge in [0.2, 0.25) is 0 Å². The summed E-state index contributed by atoms with van der Waals surface area (Å²) in [6.45, 7) is 8.32. The first kappa shape index (κ1) is 25.4. The molecule has 4 bridgehead atoms. The number of Topliss-reactive ketones (excluding diaryl/α,β-unsaturated/α-hetero) is 1. The van der Waals surface area contributed by atoms with Gasteiger partial charge < -0.3 is 14.2 Å². The fraction of sp³-hybridized carbons (Fsp3) is 0.760. The van der Waals surface area contributed by atoms with Gasteiger partial charge in [0.25, 0.3) is 10.1 Å². The second-order valence-electron chi connectivity index (χ2n) is 11.5. The molecule has 5 aliphatic rings. The number of ketones is 1. The zero-order valence-corrected chi connectivity index (χ0v) is 21.8. The van der Waals surface area contributed by atoms with Crippen molar-refractivity contribution in [2.24, 2.45) is 28.6 Å². The first-order valence-electron chi connectivity index (χ1n) is 12.3. The number of hydrogen-bond donors (Lipinski definition) is 0. The summed E-state index contributed by atoms with van der Waals surface area (Å²) in [6.07, 6.45) is 1.25. The van der Waals surface area contributed by atoms with Gasteiger partial charge in [-0.1, -0.05) is 6.58 Å². The largest absolute Gasteiger partial charge is 0.469 e. The first-order valence-corrected chi connectivity index (χ1v) is 13.8. The number of fused-ring (bicyclic) bond motifs is 1. The topological polar surface area (TPSA) is 139 Å². The molecule has 4 aliphatic carbocycles. The fourth-order valence-corrected chi connectivity index (χ4v) is 9.98. The van der Waals surface area contributed by atoms with E-state index in [0.29, 0.717) is 32.1 Å². The Balaban J connectivity index is 1.63. The van der Waals surface area contributed by atoms with Crippen LogP contribution in [-0.4, -0.2) is 62.3 Å². The van der Waals surface area contributed by atoms with Crippen LogP contribution >= 0.6 is 0 Å². The van der Waals surface area contributed by atoms with E-state index in [2.05, 4.69) is 6.58 Å². The quantitative estimate of drug-likeness (QED) is 0.219. The van der Waals surface area contributed by atoms with Gasteiger partial charge in [0.05, 0.1) is 19.1 Å². The standard InChI is InChI=1S/C25H32O10S/c1-13-10-23-12-24(13,33-15(3)27)8-6-16(23)25-9-7-17(35-36(30,31)11-14(2)26)22(4,21(29)34-25)19(25)18(23)20(28)32-5/h16-19H,1,6-12H2,2-5H3/t16?,17-,18+,19?,22-,23-,24-,25+/m0/s1. The average molecular weight is 525 g/mol. The normalized spacial score (nSPS) is 44.4. The van der Waals surface area contributed by atoms with E-state index in [4.69, 9.17) is 18.4 Å². The molecule has 1 heterocycles.